The van der Waals surface area contributed by atoms with E-state index in [-0.39, 0.29) is 12.5 Å². The van der Waals surface area contributed by atoms with Crippen molar-refractivity contribution in [1.82, 2.24) is 10.2 Å². The van der Waals surface area contributed by atoms with Gasteiger partial charge < -0.3 is 10.4 Å². The van der Waals surface area contributed by atoms with Gasteiger partial charge >= 0.3 is 5.97 Å². The van der Waals surface area contributed by atoms with Gasteiger partial charge in [0.15, 0.2) is 0 Å². The van der Waals surface area contributed by atoms with E-state index in [9.17, 15) is 4.79 Å². The van der Waals surface area contributed by atoms with Gasteiger partial charge in [0.1, 0.15) is 0 Å². The van der Waals surface area contributed by atoms with Crippen LogP contribution < -0.4 is 5.32 Å². The zero-order valence-corrected chi connectivity index (χ0v) is 11.4. The van der Waals surface area contributed by atoms with Gasteiger partial charge in [-0.1, -0.05) is 29.8 Å². The molecule has 0 aliphatic carbocycles. The van der Waals surface area contributed by atoms with Crippen molar-refractivity contribution < 1.29 is 9.90 Å². The predicted octanol–water partition coefficient (Wildman–Crippen LogP) is 1.29. The Kier molecular flexibility index (Phi) is 4.93. The van der Waals surface area contributed by atoms with Crippen molar-refractivity contribution in [2.24, 2.45) is 0 Å². The molecule has 1 unspecified atom stereocenters. The molecule has 0 bridgehead atoms. The maximum absolute atomic E-state index is 11.1. The average molecular weight is 262 g/mol. The molecule has 104 valence electrons. The molecule has 1 fully saturated rings. The zero-order valence-electron chi connectivity index (χ0n) is 11.4. The van der Waals surface area contributed by atoms with Crippen LogP contribution in [0.25, 0.3) is 0 Å². The number of carbonyl (C=O) groups is 1. The van der Waals surface area contributed by atoms with Gasteiger partial charge in [0.25, 0.3) is 0 Å². The van der Waals surface area contributed by atoms with Crippen LogP contribution in [-0.4, -0.2) is 48.2 Å². The molecule has 19 heavy (non-hydrogen) atoms. The van der Waals surface area contributed by atoms with Crippen LogP contribution in [0.15, 0.2) is 24.3 Å². The number of carboxylic acids is 1. The number of aliphatic carboxylic acids is 1. The largest absolute Gasteiger partial charge is 0.481 e. The SMILES string of the molecule is Cc1ccc(CC(CC(=O)O)N2CCNCC2)cc1. The molecule has 0 radical (unpaired) electrons. The second kappa shape index (κ2) is 6.68. The zero-order chi connectivity index (χ0) is 13.7. The molecule has 0 amide bonds. The number of rotatable bonds is 5. The van der Waals surface area contributed by atoms with Crippen LogP contribution in [0.2, 0.25) is 0 Å². The number of benzene rings is 1. The van der Waals surface area contributed by atoms with Gasteiger partial charge in [0.2, 0.25) is 0 Å². The van der Waals surface area contributed by atoms with E-state index in [0.717, 1.165) is 32.6 Å². The minimum atomic E-state index is -0.712. The molecule has 1 aliphatic rings. The first-order valence-electron chi connectivity index (χ1n) is 6.87. The second-order valence-corrected chi connectivity index (χ2v) is 5.23. The Morgan fingerprint density at radius 2 is 1.95 bits per heavy atom. The van der Waals surface area contributed by atoms with Crippen molar-refractivity contribution in [1.29, 1.82) is 0 Å². The third-order valence-corrected chi connectivity index (χ3v) is 3.67. The molecule has 4 nitrogen and oxygen atoms in total. The van der Waals surface area contributed by atoms with E-state index in [1.807, 2.05) is 0 Å². The number of nitrogens with zero attached hydrogens (tertiary/aromatic N) is 1. The standard InChI is InChI=1S/C15H22N2O2/c1-12-2-4-13(5-3-12)10-14(11-15(18)19)17-8-6-16-7-9-17/h2-5,14,16H,6-11H2,1H3,(H,18,19). The normalized spacial score (nSPS) is 18.2. The van der Waals surface area contributed by atoms with Crippen molar-refractivity contribution in [3.8, 4) is 0 Å². The van der Waals surface area contributed by atoms with E-state index in [1.165, 1.54) is 11.1 Å². The first-order chi connectivity index (χ1) is 9.15. The van der Waals surface area contributed by atoms with E-state index in [1.54, 1.807) is 0 Å². The lowest BCUT2D eigenvalue weighted by Gasteiger charge is -2.34. The first-order valence-corrected chi connectivity index (χ1v) is 6.87. The number of carboxylic acid groups (broad SMARTS) is 1. The smallest absolute Gasteiger partial charge is 0.304 e. The summed E-state index contributed by atoms with van der Waals surface area (Å²) in [5.74, 6) is -0.712. The van der Waals surface area contributed by atoms with Gasteiger partial charge in [0, 0.05) is 32.2 Å². The lowest BCUT2D eigenvalue weighted by molar-refractivity contribution is -0.138. The second-order valence-electron chi connectivity index (χ2n) is 5.23. The molecular formula is C15H22N2O2. The van der Waals surface area contributed by atoms with Crippen molar-refractivity contribution in [2.75, 3.05) is 26.2 Å². The Hall–Kier alpha value is -1.39. The molecule has 2 N–H and O–H groups in total. The fourth-order valence-corrected chi connectivity index (χ4v) is 2.58. The van der Waals surface area contributed by atoms with Gasteiger partial charge in [-0.15, -0.1) is 0 Å². The highest BCUT2D eigenvalue weighted by Gasteiger charge is 2.23. The van der Waals surface area contributed by atoms with Gasteiger partial charge in [-0.2, -0.15) is 0 Å². The molecule has 2 rings (SSSR count). The highest BCUT2D eigenvalue weighted by atomic mass is 16.4. The Bertz CT molecular complexity index is 411. The van der Waals surface area contributed by atoms with Gasteiger partial charge in [-0.05, 0) is 18.9 Å². The summed E-state index contributed by atoms with van der Waals surface area (Å²) >= 11 is 0. The molecule has 4 heteroatoms. The topological polar surface area (TPSA) is 52.6 Å². The summed E-state index contributed by atoms with van der Waals surface area (Å²) in [5, 5.41) is 12.4. The minimum Gasteiger partial charge on any atom is -0.481 e. The van der Waals surface area contributed by atoms with E-state index in [0.29, 0.717) is 0 Å². The van der Waals surface area contributed by atoms with Crippen molar-refractivity contribution >= 4 is 5.97 Å². The Morgan fingerprint density at radius 1 is 1.32 bits per heavy atom. The van der Waals surface area contributed by atoms with Crippen molar-refractivity contribution in [3.63, 3.8) is 0 Å². The monoisotopic (exact) mass is 262 g/mol. The molecule has 1 aromatic rings. The third kappa shape index (κ3) is 4.33. The highest BCUT2D eigenvalue weighted by Crippen LogP contribution is 2.14. The van der Waals surface area contributed by atoms with E-state index in [4.69, 9.17) is 5.11 Å². The summed E-state index contributed by atoms with van der Waals surface area (Å²) in [7, 11) is 0. The Labute approximate surface area is 114 Å². The minimum absolute atomic E-state index is 0.0994. The van der Waals surface area contributed by atoms with Gasteiger partial charge in [0.05, 0.1) is 6.42 Å². The highest BCUT2D eigenvalue weighted by molar-refractivity contribution is 5.67. The summed E-state index contributed by atoms with van der Waals surface area (Å²) in [6.45, 7) is 5.83. The molecule has 0 spiro atoms. The molecule has 1 aliphatic heterocycles. The van der Waals surface area contributed by atoms with Crippen LogP contribution in [-0.2, 0) is 11.2 Å². The van der Waals surface area contributed by atoms with Crippen LogP contribution in [0.4, 0.5) is 0 Å². The molecule has 1 heterocycles. The summed E-state index contributed by atoms with van der Waals surface area (Å²) in [5.41, 5.74) is 2.45. The van der Waals surface area contributed by atoms with Crippen molar-refractivity contribution in [2.45, 2.75) is 25.8 Å². The number of hydrogen-bond acceptors (Lipinski definition) is 3. The fraction of sp³-hybridized carbons (Fsp3) is 0.533. The lowest BCUT2D eigenvalue weighted by Crippen LogP contribution is -2.49. The van der Waals surface area contributed by atoms with Crippen LogP contribution >= 0.6 is 0 Å². The van der Waals surface area contributed by atoms with Gasteiger partial charge in [-0.25, -0.2) is 0 Å². The molecule has 0 saturated carbocycles. The summed E-state index contributed by atoms with van der Waals surface area (Å²) in [6.07, 6.45) is 1.03. The third-order valence-electron chi connectivity index (χ3n) is 3.67. The quantitative estimate of drug-likeness (QED) is 0.839. The number of aryl methyl sites for hydroxylation is 1. The van der Waals surface area contributed by atoms with Gasteiger partial charge in [-0.3, -0.25) is 9.69 Å². The van der Waals surface area contributed by atoms with Crippen LogP contribution in [0.1, 0.15) is 17.5 Å². The lowest BCUT2D eigenvalue weighted by atomic mass is 10.0. The van der Waals surface area contributed by atoms with E-state index < -0.39 is 5.97 Å². The summed E-state index contributed by atoms with van der Waals surface area (Å²) in [4.78, 5) is 13.4. The summed E-state index contributed by atoms with van der Waals surface area (Å²) < 4.78 is 0. The summed E-state index contributed by atoms with van der Waals surface area (Å²) in [6, 6.07) is 8.48. The molecule has 1 saturated heterocycles. The van der Waals surface area contributed by atoms with Crippen LogP contribution in [0, 0.1) is 6.92 Å². The average Bonchev–Trinajstić information content (AvgIpc) is 2.41. The van der Waals surface area contributed by atoms with E-state index >= 15 is 0 Å². The Balaban J connectivity index is 2.03. The van der Waals surface area contributed by atoms with E-state index in [2.05, 4.69) is 41.4 Å². The molecular weight excluding hydrogens is 240 g/mol. The van der Waals surface area contributed by atoms with Crippen molar-refractivity contribution in [3.05, 3.63) is 35.4 Å². The molecule has 1 aromatic carbocycles. The Morgan fingerprint density at radius 3 is 2.53 bits per heavy atom. The maximum atomic E-state index is 11.1. The fourth-order valence-electron chi connectivity index (χ4n) is 2.58. The number of hydrogen-bond donors (Lipinski definition) is 2. The van der Waals surface area contributed by atoms with Crippen LogP contribution in [0.5, 0.6) is 0 Å². The maximum Gasteiger partial charge on any atom is 0.304 e. The molecule has 0 aromatic heterocycles. The number of nitrogens with one attached hydrogen (secondary N) is 1. The first kappa shape index (κ1) is 14.0. The van der Waals surface area contributed by atoms with Crippen LogP contribution in [0.3, 0.4) is 0 Å². The molecule has 1 atom stereocenters. The predicted molar refractivity (Wildman–Crippen MR) is 75.4 cm³/mol. The number of piperazine rings is 1.